The van der Waals surface area contributed by atoms with Crippen LogP contribution < -0.4 is 9.64 Å². The van der Waals surface area contributed by atoms with E-state index in [0.29, 0.717) is 24.7 Å². The minimum absolute atomic E-state index is 0.00590. The molecule has 3 rings (SSSR count). The summed E-state index contributed by atoms with van der Waals surface area (Å²) in [6.45, 7) is 4.97. The van der Waals surface area contributed by atoms with Crippen LogP contribution in [0.2, 0.25) is 0 Å². The molecule has 0 radical (unpaired) electrons. The molecule has 1 fully saturated rings. The first kappa shape index (κ1) is 16.2. The van der Waals surface area contributed by atoms with Crippen LogP contribution in [0.4, 0.5) is 15.0 Å². The first-order chi connectivity index (χ1) is 11.5. The van der Waals surface area contributed by atoms with Crippen LogP contribution in [0, 0.1) is 5.95 Å². The molecule has 2 heterocycles. The highest BCUT2D eigenvalue weighted by Gasteiger charge is 2.33. The molecule has 24 heavy (non-hydrogen) atoms. The van der Waals surface area contributed by atoms with Gasteiger partial charge in [-0.3, -0.25) is 0 Å². The molecule has 1 aliphatic rings. The van der Waals surface area contributed by atoms with Crippen LogP contribution in [0.3, 0.4) is 0 Å². The first-order valence-electron chi connectivity index (χ1n) is 7.97. The molecular weight excluding hydrogens is 309 g/mol. The zero-order valence-electron chi connectivity index (χ0n) is 13.7. The highest BCUT2D eigenvalue weighted by molar-refractivity contribution is 5.71. The van der Waals surface area contributed by atoms with Gasteiger partial charge in [0.25, 0.3) is 0 Å². The summed E-state index contributed by atoms with van der Waals surface area (Å²) in [5.74, 6) is 0.612. The summed E-state index contributed by atoms with van der Waals surface area (Å²) in [5, 5.41) is 0. The van der Waals surface area contributed by atoms with E-state index < -0.39 is 5.95 Å². The lowest BCUT2D eigenvalue weighted by atomic mass is 10.1. The summed E-state index contributed by atoms with van der Waals surface area (Å²) in [5.41, 5.74) is 0. The molecule has 0 saturated carbocycles. The molecule has 1 aromatic heterocycles. The van der Waals surface area contributed by atoms with Crippen LogP contribution in [0.25, 0.3) is 0 Å². The maximum Gasteiger partial charge on any atom is 0.415 e. The topological polar surface area (TPSA) is 45.7 Å². The number of halogens is 1. The van der Waals surface area contributed by atoms with Gasteiger partial charge < -0.3 is 14.5 Å². The summed E-state index contributed by atoms with van der Waals surface area (Å²) in [7, 11) is 0. The highest BCUT2D eigenvalue weighted by Crippen LogP contribution is 2.23. The third-order valence-corrected chi connectivity index (χ3v) is 4.09. The van der Waals surface area contributed by atoms with Gasteiger partial charge in [0.15, 0.2) is 0 Å². The van der Waals surface area contributed by atoms with E-state index in [9.17, 15) is 9.18 Å². The number of aromatic nitrogens is 1. The fourth-order valence-corrected chi connectivity index (χ4v) is 3.12. The number of ether oxygens (including phenoxy) is 1. The van der Waals surface area contributed by atoms with E-state index in [4.69, 9.17) is 4.74 Å². The molecule has 0 spiro atoms. The molecule has 0 aliphatic carbocycles. The maximum absolute atomic E-state index is 13.4. The maximum atomic E-state index is 13.4. The van der Waals surface area contributed by atoms with Gasteiger partial charge in [0.05, 0.1) is 0 Å². The number of rotatable bonds is 2. The van der Waals surface area contributed by atoms with Crippen LogP contribution in [-0.2, 0) is 0 Å². The second-order valence-electron chi connectivity index (χ2n) is 6.01. The van der Waals surface area contributed by atoms with E-state index in [1.54, 1.807) is 29.2 Å². The van der Waals surface area contributed by atoms with Gasteiger partial charge in [-0.05, 0) is 38.1 Å². The lowest BCUT2D eigenvalue weighted by Gasteiger charge is -2.44. The highest BCUT2D eigenvalue weighted by atomic mass is 19.1. The Morgan fingerprint density at radius 1 is 1.08 bits per heavy atom. The smallest absolute Gasteiger partial charge is 0.410 e. The molecule has 0 unspecified atom stereocenters. The molecule has 1 saturated heterocycles. The predicted octanol–water partition coefficient (Wildman–Crippen LogP) is 3.32. The van der Waals surface area contributed by atoms with Gasteiger partial charge in [0.1, 0.15) is 11.6 Å². The first-order valence-corrected chi connectivity index (χ1v) is 7.97. The Hall–Kier alpha value is -2.63. The van der Waals surface area contributed by atoms with E-state index in [1.165, 1.54) is 6.07 Å². The van der Waals surface area contributed by atoms with Crippen molar-refractivity contribution in [2.75, 3.05) is 18.0 Å². The van der Waals surface area contributed by atoms with E-state index in [-0.39, 0.29) is 18.2 Å². The zero-order valence-corrected chi connectivity index (χ0v) is 13.7. The standard InChI is InChI=1S/C18H20FN3O2/c1-13-11-21(18(23)24-15-7-4-3-5-8-15)12-14(2)22(13)17-10-6-9-16(19)20-17/h3-10,13-14H,11-12H2,1-2H3/t13-,14-/m0/s1. The molecule has 1 aliphatic heterocycles. The second kappa shape index (κ2) is 6.86. The summed E-state index contributed by atoms with van der Waals surface area (Å²) in [6, 6.07) is 13.8. The number of para-hydroxylation sites is 1. The van der Waals surface area contributed by atoms with Crippen molar-refractivity contribution in [2.45, 2.75) is 25.9 Å². The van der Waals surface area contributed by atoms with Gasteiger partial charge in [-0.2, -0.15) is 4.39 Å². The van der Waals surface area contributed by atoms with Crippen LogP contribution >= 0.6 is 0 Å². The quantitative estimate of drug-likeness (QED) is 0.793. The van der Waals surface area contributed by atoms with Crippen molar-refractivity contribution in [3.63, 3.8) is 0 Å². The lowest BCUT2D eigenvalue weighted by Crippen LogP contribution is -2.59. The number of hydrogen-bond acceptors (Lipinski definition) is 4. The van der Waals surface area contributed by atoms with Crippen LogP contribution in [0.15, 0.2) is 48.5 Å². The average molecular weight is 329 g/mol. The van der Waals surface area contributed by atoms with E-state index in [2.05, 4.69) is 4.98 Å². The number of carbonyl (C=O) groups excluding carboxylic acids is 1. The van der Waals surface area contributed by atoms with Gasteiger partial charge in [-0.1, -0.05) is 24.3 Å². The number of amides is 1. The number of anilines is 1. The summed E-state index contributed by atoms with van der Waals surface area (Å²) < 4.78 is 18.8. The lowest BCUT2D eigenvalue weighted by molar-refractivity contribution is 0.134. The number of hydrogen-bond donors (Lipinski definition) is 0. The number of pyridine rings is 1. The van der Waals surface area contributed by atoms with Crippen molar-refractivity contribution in [1.82, 2.24) is 9.88 Å². The molecule has 1 aromatic carbocycles. The third kappa shape index (κ3) is 3.48. The van der Waals surface area contributed by atoms with E-state index in [0.717, 1.165) is 0 Å². The van der Waals surface area contributed by atoms with Gasteiger partial charge in [0, 0.05) is 25.2 Å². The van der Waals surface area contributed by atoms with Gasteiger partial charge >= 0.3 is 6.09 Å². The molecular formula is C18H20FN3O2. The van der Waals surface area contributed by atoms with Crippen molar-refractivity contribution >= 4 is 11.9 Å². The average Bonchev–Trinajstić information content (AvgIpc) is 2.55. The Morgan fingerprint density at radius 3 is 2.38 bits per heavy atom. The Bertz CT molecular complexity index is 698. The zero-order chi connectivity index (χ0) is 17.1. The molecule has 2 aromatic rings. The Balaban J connectivity index is 1.70. The molecule has 126 valence electrons. The molecule has 6 heteroatoms. The molecule has 0 N–H and O–H groups in total. The Morgan fingerprint density at radius 2 is 1.75 bits per heavy atom. The van der Waals surface area contributed by atoms with Gasteiger partial charge in [-0.15, -0.1) is 0 Å². The van der Waals surface area contributed by atoms with Crippen molar-refractivity contribution < 1.29 is 13.9 Å². The van der Waals surface area contributed by atoms with Crippen molar-refractivity contribution in [1.29, 1.82) is 0 Å². The molecule has 5 nitrogen and oxygen atoms in total. The molecule has 2 atom stereocenters. The van der Waals surface area contributed by atoms with Gasteiger partial charge in [0.2, 0.25) is 5.95 Å². The second-order valence-corrected chi connectivity index (χ2v) is 6.01. The number of carbonyl (C=O) groups is 1. The normalized spacial score (nSPS) is 20.8. The predicted molar refractivity (Wildman–Crippen MR) is 89.6 cm³/mol. The van der Waals surface area contributed by atoms with E-state index >= 15 is 0 Å². The fraction of sp³-hybridized carbons (Fsp3) is 0.333. The molecule has 0 bridgehead atoms. The summed E-state index contributed by atoms with van der Waals surface area (Å²) in [6.07, 6.45) is -0.369. The van der Waals surface area contributed by atoms with E-state index in [1.807, 2.05) is 36.9 Å². The Kier molecular flexibility index (Phi) is 4.64. The number of piperazine rings is 1. The van der Waals surface area contributed by atoms with Crippen molar-refractivity contribution in [3.05, 3.63) is 54.5 Å². The Labute approximate surface area is 140 Å². The number of nitrogens with zero attached hydrogens (tertiary/aromatic N) is 3. The van der Waals surface area contributed by atoms with Crippen LogP contribution in [0.1, 0.15) is 13.8 Å². The number of benzene rings is 1. The largest absolute Gasteiger partial charge is 0.415 e. The van der Waals surface area contributed by atoms with Gasteiger partial charge in [-0.25, -0.2) is 9.78 Å². The SMILES string of the molecule is C[C@H]1CN(C(=O)Oc2ccccc2)C[C@H](C)N1c1cccc(F)n1. The fourth-order valence-electron chi connectivity index (χ4n) is 3.12. The third-order valence-electron chi connectivity index (χ3n) is 4.09. The van der Waals surface area contributed by atoms with Crippen LogP contribution in [-0.4, -0.2) is 41.2 Å². The minimum atomic E-state index is -0.502. The van der Waals surface area contributed by atoms with Crippen molar-refractivity contribution in [2.24, 2.45) is 0 Å². The van der Waals surface area contributed by atoms with Crippen molar-refractivity contribution in [3.8, 4) is 5.75 Å². The minimum Gasteiger partial charge on any atom is -0.410 e. The summed E-state index contributed by atoms with van der Waals surface area (Å²) >= 11 is 0. The molecule has 1 amide bonds. The summed E-state index contributed by atoms with van der Waals surface area (Å²) in [4.78, 5) is 20.0. The monoisotopic (exact) mass is 329 g/mol. The van der Waals surface area contributed by atoms with Crippen LogP contribution in [0.5, 0.6) is 5.75 Å².